The van der Waals surface area contributed by atoms with Gasteiger partial charge in [-0.15, -0.1) is 0 Å². The van der Waals surface area contributed by atoms with Crippen LogP contribution in [-0.4, -0.2) is 40.7 Å². The van der Waals surface area contributed by atoms with E-state index in [2.05, 4.69) is 38.9 Å². The van der Waals surface area contributed by atoms with Gasteiger partial charge in [-0.1, -0.05) is 45.2 Å². The summed E-state index contributed by atoms with van der Waals surface area (Å²) < 4.78 is 21.6. The average molecular weight is 549 g/mol. The number of imidazole rings is 1. The van der Waals surface area contributed by atoms with E-state index >= 15 is 0 Å². The minimum absolute atomic E-state index is 0.00431. The van der Waals surface area contributed by atoms with E-state index in [9.17, 15) is 9.18 Å². The van der Waals surface area contributed by atoms with Crippen molar-refractivity contribution >= 4 is 17.0 Å². The summed E-state index contributed by atoms with van der Waals surface area (Å²) in [5.74, 6) is 2.40. The molecule has 2 aliphatic carbocycles. The van der Waals surface area contributed by atoms with Crippen molar-refractivity contribution in [2.24, 2.45) is 17.8 Å². The Hall–Kier alpha value is -3.63. The van der Waals surface area contributed by atoms with Crippen molar-refractivity contribution in [3.8, 4) is 23.2 Å². The van der Waals surface area contributed by atoms with Crippen molar-refractivity contribution in [3.63, 3.8) is 0 Å². The molecule has 0 spiro atoms. The highest BCUT2D eigenvalue weighted by atomic mass is 19.1. The van der Waals surface area contributed by atoms with Crippen LogP contribution in [0.3, 0.4) is 0 Å². The second kappa shape index (κ2) is 10.7. The van der Waals surface area contributed by atoms with Gasteiger partial charge >= 0.3 is 5.76 Å². The van der Waals surface area contributed by atoms with Crippen LogP contribution in [-0.2, 0) is 6.54 Å². The summed E-state index contributed by atoms with van der Waals surface area (Å²) in [6.45, 7) is 9.17. The predicted octanol–water partition coefficient (Wildman–Crippen LogP) is 5.92. The van der Waals surface area contributed by atoms with E-state index in [1.165, 1.54) is 38.3 Å². The molecule has 1 atom stereocenters. The molecule has 4 aromatic rings. The van der Waals surface area contributed by atoms with Gasteiger partial charge < -0.3 is 9.88 Å². The molecule has 2 aliphatic rings. The molecular weight excluding hydrogens is 511 g/mol. The summed E-state index contributed by atoms with van der Waals surface area (Å²) in [5, 5.41) is 7.47. The molecule has 0 unspecified atom stereocenters. The van der Waals surface area contributed by atoms with Crippen molar-refractivity contribution in [1.29, 1.82) is 0 Å². The molecular formula is C29H37FN8O2. The summed E-state index contributed by atoms with van der Waals surface area (Å²) in [6, 6.07) is 1.99. The standard InChI is InChI=1S/C29H37FN8O2/c1-15(2)20-12-22(31-13-21(20)30)28-35-25-23(38(28)14-18-10-8-16(3)9-11-18)24(32-17(4)19-6-5-7-19)33-26(34-25)27-36-29(39)40-37-27/h12-13,15-19H,5-11,14H2,1-4H3,(H,32,33,34)(H,36,37,39)/t16-,17-,18-/m1/s1. The SMILES string of the molecule is CC(C)c1cc(-c2nc3nc(-c4noc(=O)[nH]4)nc(N[C@H](C)C4CCC4)c3n2C[C@H]2CC[C@H](C)CC2)ncc1F. The molecule has 2 N–H and O–H groups in total. The van der Waals surface area contributed by atoms with E-state index < -0.39 is 5.76 Å². The molecule has 0 saturated heterocycles. The summed E-state index contributed by atoms with van der Waals surface area (Å²) in [6.07, 6.45) is 9.53. The topological polar surface area (TPSA) is 127 Å². The summed E-state index contributed by atoms with van der Waals surface area (Å²) in [4.78, 5) is 33.3. The molecule has 4 aromatic heterocycles. The lowest BCUT2D eigenvalue weighted by Gasteiger charge is -2.32. The van der Waals surface area contributed by atoms with Crippen LogP contribution in [0.15, 0.2) is 21.6 Å². The van der Waals surface area contributed by atoms with Gasteiger partial charge in [0.25, 0.3) is 0 Å². The first kappa shape index (κ1) is 26.6. The van der Waals surface area contributed by atoms with Gasteiger partial charge in [0.2, 0.25) is 11.6 Å². The van der Waals surface area contributed by atoms with Gasteiger partial charge in [-0.3, -0.25) is 9.51 Å². The van der Waals surface area contributed by atoms with E-state index in [1.54, 1.807) is 6.07 Å². The zero-order chi connectivity index (χ0) is 28.0. The number of hydrogen-bond donors (Lipinski definition) is 2. The molecule has 0 aromatic carbocycles. The van der Waals surface area contributed by atoms with Crippen LogP contribution in [0, 0.1) is 23.6 Å². The number of halogens is 1. The normalized spacial score (nSPS) is 20.6. The highest BCUT2D eigenvalue weighted by Crippen LogP contribution is 2.37. The number of nitrogens with one attached hydrogen (secondary N) is 2. The molecule has 4 heterocycles. The zero-order valence-electron chi connectivity index (χ0n) is 23.6. The summed E-state index contributed by atoms with van der Waals surface area (Å²) >= 11 is 0. The number of H-pyrrole nitrogens is 1. The fourth-order valence-electron chi connectivity index (χ4n) is 6.00. The zero-order valence-corrected chi connectivity index (χ0v) is 23.6. The van der Waals surface area contributed by atoms with E-state index in [1.807, 2.05) is 13.8 Å². The number of pyridine rings is 1. The second-order valence-corrected chi connectivity index (χ2v) is 12.1. The van der Waals surface area contributed by atoms with E-state index in [0.717, 1.165) is 30.8 Å². The quantitative estimate of drug-likeness (QED) is 0.278. The Kier molecular flexibility index (Phi) is 7.14. The first-order valence-corrected chi connectivity index (χ1v) is 14.5. The number of fused-ring (bicyclic) bond motifs is 1. The van der Waals surface area contributed by atoms with Gasteiger partial charge in [0.05, 0.1) is 6.20 Å². The number of anilines is 1. The van der Waals surface area contributed by atoms with Crippen LogP contribution in [0.1, 0.15) is 84.1 Å². The lowest BCUT2D eigenvalue weighted by molar-refractivity contribution is 0.267. The second-order valence-electron chi connectivity index (χ2n) is 12.1. The van der Waals surface area contributed by atoms with Crippen molar-refractivity contribution in [2.75, 3.05) is 5.32 Å². The summed E-state index contributed by atoms with van der Waals surface area (Å²) in [5.41, 5.74) is 2.45. The van der Waals surface area contributed by atoms with Crippen molar-refractivity contribution < 1.29 is 8.91 Å². The molecule has 10 nitrogen and oxygen atoms in total. The van der Waals surface area contributed by atoms with Crippen LogP contribution in [0.4, 0.5) is 10.2 Å². The first-order chi connectivity index (χ1) is 19.3. The Morgan fingerprint density at radius 1 is 1.12 bits per heavy atom. The fourth-order valence-corrected chi connectivity index (χ4v) is 6.00. The molecule has 0 aliphatic heterocycles. The highest BCUT2D eigenvalue weighted by molar-refractivity contribution is 5.88. The minimum Gasteiger partial charge on any atom is -0.365 e. The largest absolute Gasteiger partial charge is 0.439 e. The number of hydrogen-bond acceptors (Lipinski definition) is 8. The third-order valence-corrected chi connectivity index (χ3v) is 8.79. The van der Waals surface area contributed by atoms with E-state index in [-0.39, 0.29) is 29.4 Å². The third kappa shape index (κ3) is 5.13. The van der Waals surface area contributed by atoms with Gasteiger partial charge in [0.1, 0.15) is 17.0 Å². The molecule has 0 radical (unpaired) electrons. The Bertz CT molecular complexity index is 1560. The van der Waals surface area contributed by atoms with Crippen molar-refractivity contribution in [1.82, 2.24) is 34.6 Å². The smallest absolute Gasteiger partial charge is 0.365 e. The van der Waals surface area contributed by atoms with Crippen molar-refractivity contribution in [2.45, 2.75) is 91.1 Å². The van der Waals surface area contributed by atoms with Crippen LogP contribution in [0.5, 0.6) is 0 Å². The minimum atomic E-state index is -0.675. The van der Waals surface area contributed by atoms with E-state index in [0.29, 0.717) is 40.4 Å². The molecule has 0 bridgehead atoms. The fraction of sp³-hybridized carbons (Fsp3) is 0.586. The Morgan fingerprint density at radius 2 is 1.90 bits per heavy atom. The molecule has 212 valence electrons. The molecule has 6 rings (SSSR count). The van der Waals surface area contributed by atoms with Crippen molar-refractivity contribution in [3.05, 3.63) is 34.2 Å². The maximum Gasteiger partial charge on any atom is 0.439 e. The monoisotopic (exact) mass is 548 g/mol. The number of nitrogens with zero attached hydrogens (tertiary/aromatic N) is 6. The summed E-state index contributed by atoms with van der Waals surface area (Å²) in [7, 11) is 0. The molecule has 0 amide bonds. The van der Waals surface area contributed by atoms with Crippen LogP contribution in [0.25, 0.3) is 34.3 Å². The Morgan fingerprint density at radius 3 is 2.55 bits per heavy atom. The van der Waals surface area contributed by atoms with Gasteiger partial charge in [0.15, 0.2) is 17.3 Å². The average Bonchev–Trinajstić information content (AvgIpc) is 3.48. The highest BCUT2D eigenvalue weighted by Gasteiger charge is 2.29. The Labute approximate surface area is 232 Å². The van der Waals surface area contributed by atoms with E-state index in [4.69, 9.17) is 19.5 Å². The molecule has 11 heteroatoms. The lowest BCUT2D eigenvalue weighted by Crippen LogP contribution is -2.31. The number of rotatable bonds is 8. The number of aromatic amines is 1. The molecule has 40 heavy (non-hydrogen) atoms. The first-order valence-electron chi connectivity index (χ1n) is 14.5. The predicted molar refractivity (Wildman–Crippen MR) is 150 cm³/mol. The maximum absolute atomic E-state index is 14.6. The third-order valence-electron chi connectivity index (χ3n) is 8.79. The molecule has 2 saturated carbocycles. The lowest BCUT2D eigenvalue weighted by atomic mass is 9.80. The molecule has 2 fully saturated rings. The van der Waals surface area contributed by atoms with Gasteiger partial charge in [-0.2, -0.15) is 0 Å². The van der Waals surface area contributed by atoms with Gasteiger partial charge in [0, 0.05) is 12.6 Å². The van der Waals surface area contributed by atoms with Gasteiger partial charge in [-0.05, 0) is 67.9 Å². The maximum atomic E-state index is 14.6. The van der Waals surface area contributed by atoms with Crippen LogP contribution in [0.2, 0.25) is 0 Å². The van der Waals surface area contributed by atoms with Crippen LogP contribution < -0.4 is 11.1 Å². The van der Waals surface area contributed by atoms with Crippen LogP contribution >= 0.6 is 0 Å². The van der Waals surface area contributed by atoms with Gasteiger partial charge in [-0.25, -0.2) is 29.1 Å². The Balaban J connectivity index is 1.53. The number of aromatic nitrogens is 7.